The zero-order valence-electron chi connectivity index (χ0n) is 37.1. The van der Waals surface area contributed by atoms with Gasteiger partial charge in [-0.05, 0) is 141 Å². The van der Waals surface area contributed by atoms with Gasteiger partial charge >= 0.3 is 0 Å². The van der Waals surface area contributed by atoms with Gasteiger partial charge in [-0.25, -0.2) is 0 Å². The molecule has 0 saturated carbocycles. The highest BCUT2D eigenvalue weighted by atomic mass is 32.1. The molecule has 5 heteroatoms. The number of benzene rings is 11. The Balaban J connectivity index is 1.12. The summed E-state index contributed by atoms with van der Waals surface area (Å²) in [6.07, 6.45) is 1.98. The number of hydrogen-bond donors (Lipinski definition) is 0. The molecule has 0 aliphatic carbocycles. The van der Waals surface area contributed by atoms with E-state index in [1.54, 1.807) is 0 Å². The maximum absolute atomic E-state index is 2.67. The molecule has 11 aromatic carbocycles. The van der Waals surface area contributed by atoms with E-state index in [2.05, 4.69) is 212 Å². The molecule has 4 heterocycles. The van der Waals surface area contributed by atoms with E-state index in [4.69, 9.17) is 0 Å². The van der Waals surface area contributed by atoms with Crippen LogP contribution in [0, 0.1) is 0 Å². The normalized spacial score (nSPS) is 13.3. The van der Waals surface area contributed by atoms with Gasteiger partial charge in [0.15, 0.2) is 0 Å². The highest BCUT2D eigenvalue weighted by Gasteiger charge is 2.47. The third-order valence-electron chi connectivity index (χ3n) is 15.1. The average molecular weight is 889 g/mol. The smallest absolute Gasteiger partial charge is 0.256 e. The first kappa shape index (κ1) is 37.8. The van der Waals surface area contributed by atoms with Crippen LogP contribution >= 0.6 is 22.7 Å². The molecular weight excluding hydrogens is 848 g/mol. The predicted molar refractivity (Wildman–Crippen MR) is 295 cm³/mol. The Morgan fingerprint density at radius 1 is 0.328 bits per heavy atom. The molecule has 2 aromatic heterocycles. The fourth-order valence-corrected chi connectivity index (χ4v) is 14.7. The second kappa shape index (κ2) is 14.0. The summed E-state index contributed by atoms with van der Waals surface area (Å²) < 4.78 is 2.67. The van der Waals surface area contributed by atoms with Crippen molar-refractivity contribution in [3.05, 3.63) is 199 Å². The van der Waals surface area contributed by atoms with Gasteiger partial charge in [-0.15, -0.1) is 22.7 Å². The summed E-state index contributed by atoms with van der Waals surface area (Å²) in [4.78, 5) is 5.34. The lowest BCUT2D eigenvalue weighted by atomic mass is 9.33. The standard InChI is InChI=1S/C62H41BN2S2/c1-3-36-30-32-54-48(34-36)58-61(66-54)64(50-26-13-24-46-42-18-7-5-16-38(42)40-20-9-11-22-44(40)56(46)50)52-28-15-29-53-60(52)63(58)59-49-35-37(4-2)31-33-55(49)67-62(59)65(53)51-27-14-25-47-43-19-8-6-17-39(43)41-21-10-12-23-45(41)57(47)51/h5-35H,3-4H2,1-2H3. The van der Waals surface area contributed by atoms with Crippen molar-refractivity contribution >= 4 is 163 Å². The molecule has 0 atom stereocenters. The van der Waals surface area contributed by atoms with Crippen LogP contribution in [0.2, 0.25) is 0 Å². The van der Waals surface area contributed by atoms with Gasteiger partial charge in [0, 0.05) is 31.5 Å². The largest absolute Gasteiger partial charge is 0.302 e. The molecule has 0 radical (unpaired) electrons. The van der Waals surface area contributed by atoms with Crippen LogP contribution in [0.15, 0.2) is 188 Å². The molecule has 0 N–H and O–H groups in total. The quantitative estimate of drug-likeness (QED) is 0.128. The molecule has 2 aliphatic heterocycles. The molecule has 0 bridgehead atoms. The second-order valence-corrected chi connectivity index (χ2v) is 20.5. The summed E-state index contributed by atoms with van der Waals surface area (Å²) >= 11 is 3.92. The number of fused-ring (bicyclic) bond motifs is 20. The molecule has 67 heavy (non-hydrogen) atoms. The Morgan fingerprint density at radius 3 is 1.04 bits per heavy atom. The van der Waals surface area contributed by atoms with Gasteiger partial charge in [0.1, 0.15) is 0 Å². The van der Waals surface area contributed by atoms with Gasteiger partial charge in [0.2, 0.25) is 0 Å². The molecule has 15 rings (SSSR count). The van der Waals surface area contributed by atoms with Crippen LogP contribution in [0.4, 0.5) is 32.8 Å². The first-order chi connectivity index (χ1) is 33.2. The fourth-order valence-electron chi connectivity index (χ4n) is 12.2. The highest BCUT2D eigenvalue weighted by Crippen LogP contribution is 2.54. The van der Waals surface area contributed by atoms with Crippen molar-refractivity contribution in [2.24, 2.45) is 0 Å². The van der Waals surface area contributed by atoms with Crippen LogP contribution in [-0.4, -0.2) is 6.71 Å². The second-order valence-electron chi connectivity index (χ2n) is 18.4. The van der Waals surface area contributed by atoms with Gasteiger partial charge < -0.3 is 9.80 Å². The molecule has 314 valence electrons. The molecule has 0 amide bonds. The number of aryl methyl sites for hydroxylation is 2. The third-order valence-corrected chi connectivity index (χ3v) is 17.5. The Kier molecular flexibility index (Phi) is 7.91. The van der Waals surface area contributed by atoms with E-state index in [1.807, 2.05) is 22.7 Å². The van der Waals surface area contributed by atoms with Crippen LogP contribution < -0.4 is 26.2 Å². The number of anilines is 6. The first-order valence-corrected chi connectivity index (χ1v) is 25.3. The van der Waals surface area contributed by atoms with E-state index in [-0.39, 0.29) is 6.71 Å². The maximum Gasteiger partial charge on any atom is 0.256 e. The lowest BCUT2D eigenvalue weighted by molar-refractivity contribution is 1.15. The van der Waals surface area contributed by atoms with Crippen molar-refractivity contribution in [1.29, 1.82) is 0 Å². The summed E-state index contributed by atoms with van der Waals surface area (Å²) in [7, 11) is 0. The van der Waals surface area contributed by atoms with Gasteiger partial charge in [-0.1, -0.05) is 166 Å². The van der Waals surface area contributed by atoms with Crippen LogP contribution in [0.25, 0.3) is 84.8 Å². The molecule has 13 aromatic rings. The van der Waals surface area contributed by atoms with Crippen molar-refractivity contribution < 1.29 is 0 Å². The van der Waals surface area contributed by atoms with E-state index < -0.39 is 0 Å². The van der Waals surface area contributed by atoms with Crippen LogP contribution in [0.3, 0.4) is 0 Å². The minimum absolute atomic E-state index is 0.0190. The highest BCUT2D eigenvalue weighted by molar-refractivity contribution is 7.29. The van der Waals surface area contributed by atoms with Crippen molar-refractivity contribution in [1.82, 2.24) is 0 Å². The monoisotopic (exact) mass is 888 g/mol. The van der Waals surface area contributed by atoms with Crippen LogP contribution in [-0.2, 0) is 12.8 Å². The van der Waals surface area contributed by atoms with Crippen molar-refractivity contribution in [3.63, 3.8) is 0 Å². The molecule has 0 saturated heterocycles. The van der Waals surface area contributed by atoms with Crippen LogP contribution in [0.5, 0.6) is 0 Å². The Hall–Kier alpha value is -7.44. The van der Waals surface area contributed by atoms with E-state index in [1.165, 1.54) is 145 Å². The summed E-state index contributed by atoms with van der Waals surface area (Å²) in [6, 6.07) is 71.8. The lowest BCUT2D eigenvalue weighted by Gasteiger charge is -2.42. The fraction of sp³-hybridized carbons (Fsp3) is 0.0645. The van der Waals surface area contributed by atoms with E-state index in [0.717, 1.165) is 12.8 Å². The zero-order valence-corrected chi connectivity index (χ0v) is 38.7. The van der Waals surface area contributed by atoms with E-state index >= 15 is 0 Å². The van der Waals surface area contributed by atoms with Crippen molar-refractivity contribution in [2.75, 3.05) is 9.80 Å². The van der Waals surface area contributed by atoms with Crippen molar-refractivity contribution in [3.8, 4) is 0 Å². The Labute approximate surface area is 396 Å². The predicted octanol–water partition coefficient (Wildman–Crippen LogP) is 16.2. The summed E-state index contributed by atoms with van der Waals surface area (Å²) in [5, 5.41) is 20.8. The number of thiophene rings is 2. The van der Waals surface area contributed by atoms with E-state index in [9.17, 15) is 0 Å². The summed E-state index contributed by atoms with van der Waals surface area (Å²) in [5.41, 5.74) is 11.9. The van der Waals surface area contributed by atoms with Gasteiger partial charge in [0.05, 0.1) is 21.4 Å². The molecular formula is C62H41BN2S2. The number of hydrogen-bond acceptors (Lipinski definition) is 4. The first-order valence-electron chi connectivity index (χ1n) is 23.7. The molecule has 0 unspecified atom stereocenters. The lowest BCUT2D eigenvalue weighted by Crippen LogP contribution is -2.60. The SMILES string of the molecule is CCc1ccc2sc3c(c2c1)B1c2c(cccc2N(c2cccc4c5ccccc5c5ccccc5c24)c2sc4ccc(CC)cc4c21)N3c1cccc2c3ccccc3c3ccccc3c12. The van der Waals surface area contributed by atoms with Gasteiger partial charge in [-0.3, -0.25) is 0 Å². The minimum atomic E-state index is 0.0190. The topological polar surface area (TPSA) is 6.48 Å². The van der Waals surface area contributed by atoms with Crippen LogP contribution in [0.1, 0.15) is 25.0 Å². The maximum atomic E-state index is 2.67. The molecule has 0 spiro atoms. The minimum Gasteiger partial charge on any atom is -0.302 e. The Morgan fingerprint density at radius 2 is 0.657 bits per heavy atom. The number of nitrogens with zero attached hydrogens (tertiary/aromatic N) is 2. The van der Waals surface area contributed by atoms with Gasteiger partial charge in [-0.2, -0.15) is 0 Å². The molecule has 2 aliphatic rings. The van der Waals surface area contributed by atoms with E-state index in [0.29, 0.717) is 0 Å². The van der Waals surface area contributed by atoms with Gasteiger partial charge in [0.25, 0.3) is 6.71 Å². The zero-order chi connectivity index (χ0) is 44.1. The molecule has 0 fully saturated rings. The average Bonchev–Trinajstić information content (AvgIpc) is 3.96. The summed E-state index contributed by atoms with van der Waals surface area (Å²) in [5.74, 6) is 0. The Bertz CT molecular complexity index is 3930. The number of rotatable bonds is 4. The third kappa shape index (κ3) is 5.05. The van der Waals surface area contributed by atoms with Crippen molar-refractivity contribution in [2.45, 2.75) is 26.7 Å². The summed E-state index contributed by atoms with van der Waals surface area (Å²) in [6.45, 7) is 4.60. The molecule has 2 nitrogen and oxygen atoms in total.